The quantitative estimate of drug-likeness (QED) is 0.589. The number of hydrogen-bond acceptors (Lipinski definition) is 6. The summed E-state index contributed by atoms with van der Waals surface area (Å²) in [5.74, 6) is 1.18. The number of ether oxygens (including phenoxy) is 1. The molecule has 9 heteroatoms. The Hall–Kier alpha value is -2.78. The Morgan fingerprint density at radius 1 is 1.23 bits per heavy atom. The smallest absolute Gasteiger partial charge is 0.242 e. The van der Waals surface area contributed by atoms with Gasteiger partial charge in [-0.3, -0.25) is 9.59 Å². The highest BCUT2D eigenvalue weighted by atomic mass is 32.2. The monoisotopic (exact) mass is 442 g/mol. The molecule has 164 valence electrons. The third-order valence-electron chi connectivity index (χ3n) is 5.08. The average Bonchev–Trinajstić information content (AvgIpc) is 3.29. The summed E-state index contributed by atoms with van der Waals surface area (Å²) in [7, 11) is 0. The van der Waals surface area contributed by atoms with Crippen LogP contribution in [-0.2, 0) is 20.9 Å². The lowest BCUT2D eigenvalue weighted by atomic mass is 10.2. The van der Waals surface area contributed by atoms with Crippen LogP contribution in [0.2, 0.25) is 0 Å². The zero-order valence-corrected chi connectivity index (χ0v) is 18.6. The Bertz CT molecular complexity index is 1080. The summed E-state index contributed by atoms with van der Waals surface area (Å²) in [6.45, 7) is 7.20. The fourth-order valence-electron chi connectivity index (χ4n) is 3.83. The molecule has 3 heterocycles. The van der Waals surface area contributed by atoms with E-state index >= 15 is 0 Å². The molecule has 1 aliphatic heterocycles. The fraction of sp³-hybridized carbons (Fsp3) is 0.409. The molecule has 0 aliphatic carbocycles. The van der Waals surface area contributed by atoms with Crippen LogP contribution in [0.1, 0.15) is 19.6 Å². The number of anilines is 1. The predicted octanol–water partition coefficient (Wildman–Crippen LogP) is 3.30. The van der Waals surface area contributed by atoms with Crippen molar-refractivity contribution in [2.75, 3.05) is 24.2 Å². The Labute approximate surface area is 184 Å². The van der Waals surface area contributed by atoms with Crippen LogP contribution in [0.25, 0.3) is 10.9 Å². The predicted molar refractivity (Wildman–Crippen MR) is 119 cm³/mol. The van der Waals surface area contributed by atoms with E-state index in [1.165, 1.54) is 11.8 Å². The number of carbonyl (C=O) groups is 2. The van der Waals surface area contributed by atoms with Gasteiger partial charge in [0.1, 0.15) is 12.3 Å². The number of amides is 2. The number of nitrogens with one attached hydrogen (secondary N) is 1. The topological polar surface area (TPSA) is 89.6 Å². The maximum absolute atomic E-state index is 12.9. The Kier molecular flexibility index (Phi) is 6.33. The molecule has 3 aromatic rings. The lowest BCUT2D eigenvalue weighted by Gasteiger charge is -2.35. The minimum Gasteiger partial charge on any atom is -0.372 e. The number of hydrogen-bond donors (Lipinski definition) is 1. The van der Waals surface area contributed by atoms with Crippen molar-refractivity contribution in [1.29, 1.82) is 0 Å². The van der Waals surface area contributed by atoms with Gasteiger partial charge in [-0.15, -0.1) is 11.8 Å². The van der Waals surface area contributed by atoms with Crippen LogP contribution in [0.3, 0.4) is 0 Å². The summed E-state index contributed by atoms with van der Waals surface area (Å²) in [6.07, 6.45) is 2.02. The molecule has 1 aliphatic rings. The number of para-hydroxylation sites is 1. The van der Waals surface area contributed by atoms with Gasteiger partial charge in [0.2, 0.25) is 11.8 Å². The maximum Gasteiger partial charge on any atom is 0.242 e. The number of nitrogens with zero attached hydrogens (tertiary/aromatic N) is 3. The Morgan fingerprint density at radius 3 is 2.68 bits per heavy atom. The SMILES string of the molecule is Cc1cc(NC(=O)CSc2cn(CC(=O)N3CC(C)OC(C)C3)c3ccccc23)no1. The van der Waals surface area contributed by atoms with Gasteiger partial charge in [0.15, 0.2) is 5.82 Å². The van der Waals surface area contributed by atoms with E-state index in [2.05, 4.69) is 10.5 Å². The van der Waals surface area contributed by atoms with Crippen molar-refractivity contribution in [2.45, 2.75) is 44.4 Å². The molecule has 0 bridgehead atoms. The van der Waals surface area contributed by atoms with Crippen molar-refractivity contribution < 1.29 is 18.8 Å². The number of rotatable bonds is 6. The molecule has 1 saturated heterocycles. The van der Waals surface area contributed by atoms with Crippen molar-refractivity contribution >= 4 is 40.3 Å². The zero-order chi connectivity index (χ0) is 22.0. The minimum absolute atomic E-state index is 0.0345. The maximum atomic E-state index is 12.9. The molecule has 1 fully saturated rings. The third kappa shape index (κ3) is 5.11. The molecule has 4 rings (SSSR count). The first-order chi connectivity index (χ1) is 14.9. The number of morpholine rings is 1. The van der Waals surface area contributed by atoms with E-state index in [4.69, 9.17) is 9.26 Å². The van der Waals surface area contributed by atoms with Crippen molar-refractivity contribution in [2.24, 2.45) is 0 Å². The van der Waals surface area contributed by atoms with Crippen molar-refractivity contribution in [3.8, 4) is 0 Å². The van der Waals surface area contributed by atoms with Crippen LogP contribution in [0.4, 0.5) is 5.82 Å². The number of aromatic nitrogens is 2. The summed E-state index contributed by atoms with van der Waals surface area (Å²) in [6, 6.07) is 9.59. The van der Waals surface area contributed by atoms with Crippen molar-refractivity contribution in [1.82, 2.24) is 14.6 Å². The molecule has 2 unspecified atom stereocenters. The van der Waals surface area contributed by atoms with E-state index in [1.54, 1.807) is 13.0 Å². The standard InChI is InChI=1S/C22H26N4O4S/c1-14-8-20(24-30-14)23-21(27)13-31-19-11-25(18-7-5-4-6-17(18)19)12-22(28)26-9-15(2)29-16(3)10-26/h4-8,11,15-16H,9-10,12-13H2,1-3H3,(H,23,24,27). The fourth-order valence-corrected chi connectivity index (χ4v) is 4.72. The molecule has 31 heavy (non-hydrogen) atoms. The molecule has 1 aromatic carbocycles. The molecular formula is C22H26N4O4S. The molecule has 0 saturated carbocycles. The first-order valence-corrected chi connectivity index (χ1v) is 11.2. The molecular weight excluding hydrogens is 416 g/mol. The second-order valence-electron chi connectivity index (χ2n) is 7.85. The third-order valence-corrected chi connectivity index (χ3v) is 6.13. The Balaban J connectivity index is 1.45. The lowest BCUT2D eigenvalue weighted by molar-refractivity contribution is -0.143. The number of fused-ring (bicyclic) bond motifs is 1. The molecule has 2 amide bonds. The van der Waals surface area contributed by atoms with E-state index < -0.39 is 0 Å². The molecule has 2 aromatic heterocycles. The molecule has 2 atom stereocenters. The van der Waals surface area contributed by atoms with Crippen LogP contribution < -0.4 is 5.32 Å². The van der Waals surface area contributed by atoms with Crippen LogP contribution in [0.15, 0.2) is 45.9 Å². The second kappa shape index (κ2) is 9.15. The first-order valence-electron chi connectivity index (χ1n) is 10.3. The van der Waals surface area contributed by atoms with Gasteiger partial charge < -0.3 is 24.0 Å². The lowest BCUT2D eigenvalue weighted by Crippen LogP contribution is -2.49. The van der Waals surface area contributed by atoms with Crippen LogP contribution in [0.5, 0.6) is 0 Å². The van der Waals surface area contributed by atoms with Crippen LogP contribution in [-0.4, -0.2) is 57.5 Å². The van der Waals surface area contributed by atoms with Gasteiger partial charge in [-0.1, -0.05) is 23.4 Å². The highest BCUT2D eigenvalue weighted by Gasteiger charge is 2.26. The number of benzene rings is 1. The average molecular weight is 443 g/mol. The summed E-state index contributed by atoms with van der Waals surface area (Å²) in [5, 5.41) is 7.53. The van der Waals surface area contributed by atoms with Gasteiger partial charge in [0.05, 0.1) is 18.0 Å². The number of aryl methyl sites for hydroxylation is 1. The summed E-state index contributed by atoms with van der Waals surface area (Å²) < 4.78 is 12.7. The number of thioether (sulfide) groups is 1. The zero-order valence-electron chi connectivity index (χ0n) is 17.8. The molecule has 0 spiro atoms. The van der Waals surface area contributed by atoms with E-state index in [9.17, 15) is 9.59 Å². The van der Waals surface area contributed by atoms with E-state index in [0.29, 0.717) is 24.7 Å². The normalized spacial score (nSPS) is 19.0. The summed E-state index contributed by atoms with van der Waals surface area (Å²) in [4.78, 5) is 28.1. The van der Waals surface area contributed by atoms with Crippen LogP contribution >= 0.6 is 11.8 Å². The van der Waals surface area contributed by atoms with Crippen molar-refractivity contribution in [3.05, 3.63) is 42.3 Å². The second-order valence-corrected chi connectivity index (χ2v) is 8.87. The van der Waals surface area contributed by atoms with E-state index in [-0.39, 0.29) is 36.3 Å². The molecule has 8 nitrogen and oxygen atoms in total. The van der Waals surface area contributed by atoms with Crippen molar-refractivity contribution in [3.63, 3.8) is 0 Å². The van der Waals surface area contributed by atoms with Gasteiger partial charge in [-0.05, 0) is 26.8 Å². The molecule has 1 N–H and O–H groups in total. The van der Waals surface area contributed by atoms with Gasteiger partial charge in [-0.25, -0.2) is 0 Å². The summed E-state index contributed by atoms with van der Waals surface area (Å²) in [5.41, 5.74) is 0.972. The molecule has 0 radical (unpaired) electrons. The van der Waals surface area contributed by atoms with Crippen LogP contribution in [0, 0.1) is 6.92 Å². The Morgan fingerprint density at radius 2 is 1.97 bits per heavy atom. The first kappa shape index (κ1) is 21.5. The van der Waals surface area contributed by atoms with Gasteiger partial charge >= 0.3 is 0 Å². The number of carbonyl (C=O) groups excluding carboxylic acids is 2. The highest BCUT2D eigenvalue weighted by molar-refractivity contribution is 8.00. The minimum atomic E-state index is -0.164. The van der Waals surface area contributed by atoms with E-state index in [1.807, 2.05) is 53.8 Å². The van der Waals surface area contributed by atoms with Gasteiger partial charge in [0.25, 0.3) is 0 Å². The van der Waals surface area contributed by atoms with E-state index in [0.717, 1.165) is 15.8 Å². The van der Waals surface area contributed by atoms with Gasteiger partial charge in [-0.2, -0.15) is 0 Å². The summed E-state index contributed by atoms with van der Waals surface area (Å²) >= 11 is 1.43. The largest absolute Gasteiger partial charge is 0.372 e. The highest BCUT2D eigenvalue weighted by Crippen LogP contribution is 2.30. The van der Waals surface area contributed by atoms with Gasteiger partial charge in [0, 0.05) is 41.2 Å².